The second-order valence-electron chi connectivity index (χ2n) is 4.38. The molecule has 0 bridgehead atoms. The van der Waals surface area contributed by atoms with Crippen LogP contribution >= 0.6 is 11.8 Å². The number of thioether (sulfide) groups is 1. The van der Waals surface area contributed by atoms with E-state index in [0.29, 0.717) is 0 Å². The maximum absolute atomic E-state index is 10.8. The highest BCUT2D eigenvalue weighted by molar-refractivity contribution is 7.99. The fraction of sp³-hybridized carbons (Fsp3) is 0.462. The molecule has 3 heteroatoms. The minimum atomic E-state index is -0.765. The molecule has 2 nitrogen and oxygen atoms in total. The van der Waals surface area contributed by atoms with Gasteiger partial charge in [0.25, 0.3) is 0 Å². The Balaban J connectivity index is 1.94. The van der Waals surface area contributed by atoms with Crippen LogP contribution in [0.4, 0.5) is 0 Å². The lowest BCUT2D eigenvalue weighted by molar-refractivity contribution is -0.138. The predicted molar refractivity (Wildman–Crippen MR) is 65.9 cm³/mol. The van der Waals surface area contributed by atoms with Gasteiger partial charge >= 0.3 is 5.97 Å². The highest BCUT2D eigenvalue weighted by Gasteiger charge is 2.21. The maximum atomic E-state index is 10.8. The Hall–Kier alpha value is -0.960. The van der Waals surface area contributed by atoms with Crippen molar-refractivity contribution in [2.75, 3.05) is 5.75 Å². The number of carbonyl (C=O) groups is 1. The molecule has 0 saturated heterocycles. The van der Waals surface area contributed by atoms with E-state index in [0.717, 1.165) is 11.5 Å². The molecular formula is C13H16O2S. The van der Waals surface area contributed by atoms with Crippen molar-refractivity contribution < 1.29 is 9.90 Å². The first-order chi connectivity index (χ1) is 7.66. The van der Waals surface area contributed by atoms with E-state index in [1.807, 2.05) is 36.0 Å². The zero-order valence-corrected chi connectivity index (χ0v) is 10.2. The van der Waals surface area contributed by atoms with Crippen LogP contribution in [0.15, 0.2) is 29.2 Å². The van der Waals surface area contributed by atoms with Gasteiger partial charge in [-0.25, -0.2) is 0 Å². The number of benzene rings is 1. The highest BCUT2D eigenvalue weighted by Crippen LogP contribution is 2.35. The Bertz CT molecular complexity index is 368. The monoisotopic (exact) mass is 236 g/mol. The van der Waals surface area contributed by atoms with Crippen molar-refractivity contribution in [1.29, 1.82) is 0 Å². The lowest BCUT2D eigenvalue weighted by Gasteiger charge is -2.07. The molecule has 0 radical (unpaired) electrons. The summed E-state index contributed by atoms with van der Waals surface area (Å²) in [6, 6.07) is 7.91. The maximum Gasteiger partial charge on any atom is 0.310 e. The highest BCUT2D eigenvalue weighted by atomic mass is 32.2. The second kappa shape index (κ2) is 4.91. The third-order valence-electron chi connectivity index (χ3n) is 2.93. The Morgan fingerprint density at radius 2 is 2.06 bits per heavy atom. The summed E-state index contributed by atoms with van der Waals surface area (Å²) in [7, 11) is 0. The summed E-state index contributed by atoms with van der Waals surface area (Å²) >= 11 is 1.87. The lowest BCUT2D eigenvalue weighted by Crippen LogP contribution is -2.06. The standard InChI is InChI=1S/C13H16O2S/c1-9(13(14)15)11-4-6-12(7-5-11)16-8-10-2-3-10/h4-7,9-10H,2-3,8H2,1H3,(H,14,15). The average molecular weight is 236 g/mol. The fourth-order valence-electron chi connectivity index (χ4n) is 1.49. The lowest BCUT2D eigenvalue weighted by atomic mass is 10.0. The van der Waals surface area contributed by atoms with Crippen LogP contribution in [-0.4, -0.2) is 16.8 Å². The van der Waals surface area contributed by atoms with Crippen LogP contribution < -0.4 is 0 Å². The molecule has 0 spiro atoms. The molecule has 2 rings (SSSR count). The van der Waals surface area contributed by atoms with Crippen molar-refractivity contribution in [1.82, 2.24) is 0 Å². The molecule has 1 aromatic rings. The van der Waals surface area contributed by atoms with E-state index in [-0.39, 0.29) is 0 Å². The van der Waals surface area contributed by atoms with Gasteiger partial charge in [0.15, 0.2) is 0 Å². The molecule has 1 fully saturated rings. The number of hydrogen-bond donors (Lipinski definition) is 1. The van der Waals surface area contributed by atoms with Crippen molar-refractivity contribution in [3.8, 4) is 0 Å². The quantitative estimate of drug-likeness (QED) is 0.796. The van der Waals surface area contributed by atoms with E-state index in [2.05, 4.69) is 0 Å². The van der Waals surface area contributed by atoms with Crippen molar-refractivity contribution in [3.05, 3.63) is 29.8 Å². The molecule has 1 saturated carbocycles. The van der Waals surface area contributed by atoms with Crippen LogP contribution in [0.5, 0.6) is 0 Å². The van der Waals surface area contributed by atoms with Gasteiger partial charge in [0.2, 0.25) is 0 Å². The van der Waals surface area contributed by atoms with E-state index in [1.54, 1.807) is 6.92 Å². The first kappa shape index (κ1) is 11.5. The van der Waals surface area contributed by atoms with Crippen LogP contribution in [0.1, 0.15) is 31.2 Å². The molecule has 1 atom stereocenters. The molecule has 1 aliphatic rings. The van der Waals surface area contributed by atoms with Gasteiger partial charge in [-0.1, -0.05) is 12.1 Å². The van der Waals surface area contributed by atoms with Gasteiger partial charge in [0.1, 0.15) is 0 Å². The topological polar surface area (TPSA) is 37.3 Å². The molecule has 1 aliphatic carbocycles. The summed E-state index contributed by atoms with van der Waals surface area (Å²) in [6.07, 6.45) is 2.75. The second-order valence-corrected chi connectivity index (χ2v) is 5.48. The largest absolute Gasteiger partial charge is 0.481 e. The summed E-state index contributed by atoms with van der Waals surface area (Å²) in [5.41, 5.74) is 0.878. The number of aliphatic carboxylic acids is 1. The van der Waals surface area contributed by atoms with Crippen molar-refractivity contribution in [2.45, 2.75) is 30.6 Å². The van der Waals surface area contributed by atoms with E-state index >= 15 is 0 Å². The summed E-state index contributed by atoms with van der Waals surface area (Å²) in [5.74, 6) is 0.942. The number of hydrogen-bond acceptors (Lipinski definition) is 2. The van der Waals surface area contributed by atoms with E-state index < -0.39 is 11.9 Å². The minimum Gasteiger partial charge on any atom is -0.481 e. The molecule has 0 heterocycles. The molecule has 86 valence electrons. The molecule has 0 aromatic heterocycles. The number of carboxylic acid groups (broad SMARTS) is 1. The van der Waals surface area contributed by atoms with Crippen LogP contribution in [-0.2, 0) is 4.79 Å². The van der Waals surface area contributed by atoms with E-state index in [1.165, 1.54) is 23.5 Å². The zero-order valence-electron chi connectivity index (χ0n) is 9.35. The van der Waals surface area contributed by atoms with Crippen molar-refractivity contribution in [2.24, 2.45) is 5.92 Å². The summed E-state index contributed by atoms with van der Waals surface area (Å²) < 4.78 is 0. The SMILES string of the molecule is CC(C(=O)O)c1ccc(SCC2CC2)cc1. The van der Waals surface area contributed by atoms with Gasteiger partial charge < -0.3 is 5.11 Å². The molecule has 1 unspecified atom stereocenters. The first-order valence-electron chi connectivity index (χ1n) is 5.62. The summed E-state index contributed by atoms with van der Waals surface area (Å²) in [5, 5.41) is 8.88. The van der Waals surface area contributed by atoms with Crippen molar-refractivity contribution in [3.63, 3.8) is 0 Å². The third kappa shape index (κ3) is 3.01. The van der Waals surface area contributed by atoms with Crippen LogP contribution in [0.25, 0.3) is 0 Å². The molecular weight excluding hydrogens is 220 g/mol. The Labute approximate surface area is 100 Å². The Kier molecular flexibility index (Phi) is 3.54. The van der Waals surface area contributed by atoms with Gasteiger partial charge in [0, 0.05) is 10.6 Å². The Morgan fingerprint density at radius 1 is 1.44 bits per heavy atom. The van der Waals surface area contributed by atoms with E-state index in [4.69, 9.17) is 5.11 Å². The van der Waals surface area contributed by atoms with Crippen LogP contribution in [0.3, 0.4) is 0 Å². The molecule has 1 N–H and O–H groups in total. The van der Waals surface area contributed by atoms with Crippen LogP contribution in [0, 0.1) is 5.92 Å². The molecule has 16 heavy (non-hydrogen) atoms. The van der Waals surface area contributed by atoms with Gasteiger partial charge in [-0.05, 0) is 43.4 Å². The molecule has 0 aliphatic heterocycles. The average Bonchev–Trinajstić information content (AvgIpc) is 3.10. The number of rotatable bonds is 5. The zero-order chi connectivity index (χ0) is 11.5. The smallest absolute Gasteiger partial charge is 0.310 e. The van der Waals surface area contributed by atoms with E-state index in [9.17, 15) is 4.79 Å². The van der Waals surface area contributed by atoms with Crippen LogP contribution in [0.2, 0.25) is 0 Å². The minimum absolute atomic E-state index is 0.414. The predicted octanol–water partition coefficient (Wildman–Crippen LogP) is 3.38. The van der Waals surface area contributed by atoms with Gasteiger partial charge in [-0.15, -0.1) is 11.8 Å². The molecule has 1 aromatic carbocycles. The fourth-order valence-corrected chi connectivity index (χ4v) is 2.58. The summed E-state index contributed by atoms with van der Waals surface area (Å²) in [6.45, 7) is 1.72. The van der Waals surface area contributed by atoms with Gasteiger partial charge in [-0.3, -0.25) is 4.79 Å². The summed E-state index contributed by atoms with van der Waals surface area (Å²) in [4.78, 5) is 12.0. The molecule has 0 amide bonds. The van der Waals surface area contributed by atoms with Gasteiger partial charge in [-0.2, -0.15) is 0 Å². The van der Waals surface area contributed by atoms with Gasteiger partial charge in [0.05, 0.1) is 5.92 Å². The number of carboxylic acids is 1. The van der Waals surface area contributed by atoms with Crippen molar-refractivity contribution >= 4 is 17.7 Å². The third-order valence-corrected chi connectivity index (χ3v) is 4.18. The first-order valence-corrected chi connectivity index (χ1v) is 6.61. The normalized spacial score (nSPS) is 17.1. The Morgan fingerprint density at radius 3 is 2.56 bits per heavy atom.